The Bertz CT molecular complexity index is 844. The van der Waals surface area contributed by atoms with Crippen LogP contribution in [0, 0.1) is 5.82 Å². The van der Waals surface area contributed by atoms with Crippen molar-refractivity contribution in [2.45, 2.75) is 38.7 Å². The standard InChI is InChI=1S/C22H24FNO4/c1-15(22(27)24-9-3-2-4-10-24)28-20-13-18(12-19(23)14-20)17-7-5-16(6-8-17)11-21(25)26/h5-8,12-15H,2-4,9-11H2,1H3,(H,25,26). The Labute approximate surface area is 163 Å². The Hall–Kier alpha value is -2.89. The second kappa shape index (κ2) is 8.87. The molecule has 1 amide bonds. The number of benzene rings is 2. The first-order chi connectivity index (χ1) is 13.4. The minimum Gasteiger partial charge on any atom is -0.481 e. The Morgan fingerprint density at radius 1 is 1.07 bits per heavy atom. The molecule has 0 aliphatic carbocycles. The number of halogens is 1. The molecule has 2 aromatic carbocycles. The molecule has 1 fully saturated rings. The van der Waals surface area contributed by atoms with E-state index < -0.39 is 17.9 Å². The van der Waals surface area contributed by atoms with E-state index in [0.29, 0.717) is 16.9 Å². The second-order valence-electron chi connectivity index (χ2n) is 7.09. The summed E-state index contributed by atoms with van der Waals surface area (Å²) >= 11 is 0. The second-order valence-corrected chi connectivity index (χ2v) is 7.09. The number of carboxylic acid groups (broad SMARTS) is 1. The number of carbonyl (C=O) groups excluding carboxylic acids is 1. The summed E-state index contributed by atoms with van der Waals surface area (Å²) in [6.07, 6.45) is 2.39. The molecule has 1 aliphatic heterocycles. The summed E-state index contributed by atoms with van der Waals surface area (Å²) in [5.41, 5.74) is 2.02. The van der Waals surface area contributed by atoms with Crippen LogP contribution in [0.4, 0.5) is 4.39 Å². The van der Waals surface area contributed by atoms with E-state index in [-0.39, 0.29) is 12.3 Å². The summed E-state index contributed by atoms with van der Waals surface area (Å²) in [5, 5.41) is 8.85. The van der Waals surface area contributed by atoms with Crippen molar-refractivity contribution in [1.82, 2.24) is 4.90 Å². The minimum absolute atomic E-state index is 0.0616. The predicted molar refractivity (Wildman–Crippen MR) is 104 cm³/mol. The van der Waals surface area contributed by atoms with E-state index in [0.717, 1.165) is 37.9 Å². The van der Waals surface area contributed by atoms with Crippen LogP contribution in [-0.2, 0) is 16.0 Å². The molecule has 1 N–H and O–H groups in total. The van der Waals surface area contributed by atoms with E-state index in [4.69, 9.17) is 9.84 Å². The normalized spacial score (nSPS) is 15.1. The van der Waals surface area contributed by atoms with Crippen LogP contribution in [0.2, 0.25) is 0 Å². The number of likely N-dealkylation sites (tertiary alicyclic amines) is 1. The monoisotopic (exact) mass is 385 g/mol. The van der Waals surface area contributed by atoms with Gasteiger partial charge in [-0.25, -0.2) is 4.39 Å². The van der Waals surface area contributed by atoms with Gasteiger partial charge in [0.25, 0.3) is 5.91 Å². The molecular formula is C22H24FNO4. The molecule has 0 bridgehead atoms. The Balaban J connectivity index is 1.73. The van der Waals surface area contributed by atoms with Crippen molar-refractivity contribution in [3.63, 3.8) is 0 Å². The van der Waals surface area contributed by atoms with Gasteiger partial charge in [0.15, 0.2) is 6.10 Å². The SMILES string of the molecule is CC(Oc1cc(F)cc(-c2ccc(CC(=O)O)cc2)c1)C(=O)N1CCCCC1. The van der Waals surface area contributed by atoms with Gasteiger partial charge in [-0.2, -0.15) is 0 Å². The van der Waals surface area contributed by atoms with E-state index in [1.165, 1.54) is 12.1 Å². The lowest BCUT2D eigenvalue weighted by Crippen LogP contribution is -2.43. The van der Waals surface area contributed by atoms with Crippen LogP contribution in [-0.4, -0.2) is 41.1 Å². The van der Waals surface area contributed by atoms with Crippen LogP contribution < -0.4 is 4.74 Å². The molecule has 28 heavy (non-hydrogen) atoms. The van der Waals surface area contributed by atoms with Gasteiger partial charge < -0.3 is 14.7 Å². The number of amides is 1. The van der Waals surface area contributed by atoms with Crippen molar-refractivity contribution in [1.29, 1.82) is 0 Å². The van der Waals surface area contributed by atoms with Gasteiger partial charge in [0.2, 0.25) is 0 Å². The number of carboxylic acids is 1. The average molecular weight is 385 g/mol. The maximum Gasteiger partial charge on any atom is 0.307 e. The summed E-state index contributed by atoms with van der Waals surface area (Å²) in [5.74, 6) is -1.15. The molecule has 2 aromatic rings. The number of hydrogen-bond donors (Lipinski definition) is 1. The van der Waals surface area contributed by atoms with E-state index in [2.05, 4.69) is 0 Å². The highest BCUT2D eigenvalue weighted by molar-refractivity contribution is 5.81. The Kier molecular flexibility index (Phi) is 6.29. The number of carbonyl (C=O) groups is 2. The van der Waals surface area contributed by atoms with Crippen LogP contribution in [0.5, 0.6) is 5.75 Å². The van der Waals surface area contributed by atoms with Gasteiger partial charge >= 0.3 is 5.97 Å². The van der Waals surface area contributed by atoms with E-state index in [1.54, 1.807) is 42.2 Å². The topological polar surface area (TPSA) is 66.8 Å². The third kappa shape index (κ3) is 5.09. The zero-order chi connectivity index (χ0) is 20.1. The number of ether oxygens (including phenoxy) is 1. The summed E-state index contributed by atoms with van der Waals surface area (Å²) in [6.45, 7) is 3.16. The van der Waals surface area contributed by atoms with Crippen molar-refractivity contribution in [3.05, 3.63) is 53.8 Å². The Morgan fingerprint density at radius 2 is 1.75 bits per heavy atom. The van der Waals surface area contributed by atoms with Gasteiger partial charge in [-0.1, -0.05) is 24.3 Å². The molecular weight excluding hydrogens is 361 g/mol. The lowest BCUT2D eigenvalue weighted by atomic mass is 10.0. The number of nitrogens with zero attached hydrogens (tertiary/aromatic N) is 1. The fourth-order valence-corrected chi connectivity index (χ4v) is 3.41. The first-order valence-electron chi connectivity index (χ1n) is 9.49. The lowest BCUT2D eigenvalue weighted by molar-refractivity contribution is -0.139. The fraction of sp³-hybridized carbons (Fsp3) is 0.364. The van der Waals surface area contributed by atoms with Crippen LogP contribution in [0.1, 0.15) is 31.7 Å². The average Bonchev–Trinajstić information content (AvgIpc) is 2.67. The smallest absolute Gasteiger partial charge is 0.307 e. The number of hydrogen-bond acceptors (Lipinski definition) is 3. The first kappa shape index (κ1) is 19.9. The first-order valence-corrected chi connectivity index (χ1v) is 9.49. The van der Waals surface area contributed by atoms with Gasteiger partial charge in [0, 0.05) is 19.2 Å². The summed E-state index contributed by atoms with van der Waals surface area (Å²) in [7, 11) is 0. The molecule has 0 saturated carbocycles. The molecule has 0 spiro atoms. The fourth-order valence-electron chi connectivity index (χ4n) is 3.41. The molecule has 1 aliphatic rings. The zero-order valence-corrected chi connectivity index (χ0v) is 15.9. The molecule has 0 aromatic heterocycles. The maximum atomic E-state index is 14.1. The number of aliphatic carboxylic acids is 1. The molecule has 1 unspecified atom stereocenters. The van der Waals surface area contributed by atoms with Crippen LogP contribution >= 0.6 is 0 Å². The maximum absolute atomic E-state index is 14.1. The largest absolute Gasteiger partial charge is 0.481 e. The minimum atomic E-state index is -0.901. The van der Waals surface area contributed by atoms with Crippen LogP contribution in [0.15, 0.2) is 42.5 Å². The Morgan fingerprint density at radius 3 is 2.39 bits per heavy atom. The molecule has 3 rings (SSSR count). The molecule has 0 radical (unpaired) electrons. The van der Waals surface area contributed by atoms with Crippen molar-refractivity contribution in [2.24, 2.45) is 0 Å². The van der Waals surface area contributed by atoms with Gasteiger partial charge in [-0.3, -0.25) is 9.59 Å². The number of piperidine rings is 1. The van der Waals surface area contributed by atoms with Crippen molar-refractivity contribution in [3.8, 4) is 16.9 Å². The molecule has 6 heteroatoms. The van der Waals surface area contributed by atoms with Crippen LogP contribution in [0.25, 0.3) is 11.1 Å². The molecule has 148 valence electrons. The predicted octanol–water partition coefficient (Wildman–Crippen LogP) is 3.90. The summed E-state index contributed by atoms with van der Waals surface area (Å²) in [6, 6.07) is 11.3. The van der Waals surface area contributed by atoms with Gasteiger partial charge in [-0.05, 0) is 55.0 Å². The van der Waals surface area contributed by atoms with E-state index in [1.807, 2.05) is 0 Å². The van der Waals surface area contributed by atoms with Crippen molar-refractivity contribution < 1.29 is 23.8 Å². The van der Waals surface area contributed by atoms with Gasteiger partial charge in [0.1, 0.15) is 11.6 Å². The van der Waals surface area contributed by atoms with E-state index in [9.17, 15) is 14.0 Å². The van der Waals surface area contributed by atoms with Gasteiger partial charge in [-0.15, -0.1) is 0 Å². The summed E-state index contributed by atoms with van der Waals surface area (Å²) < 4.78 is 19.9. The molecule has 5 nitrogen and oxygen atoms in total. The number of rotatable bonds is 6. The quantitative estimate of drug-likeness (QED) is 0.819. The highest BCUT2D eigenvalue weighted by Gasteiger charge is 2.23. The third-order valence-electron chi connectivity index (χ3n) is 4.84. The van der Waals surface area contributed by atoms with Crippen molar-refractivity contribution in [2.75, 3.05) is 13.1 Å². The molecule has 1 atom stereocenters. The van der Waals surface area contributed by atoms with Gasteiger partial charge in [0.05, 0.1) is 6.42 Å². The van der Waals surface area contributed by atoms with Crippen LogP contribution in [0.3, 0.4) is 0 Å². The van der Waals surface area contributed by atoms with E-state index >= 15 is 0 Å². The zero-order valence-electron chi connectivity index (χ0n) is 15.9. The summed E-state index contributed by atoms with van der Waals surface area (Å²) in [4.78, 5) is 25.1. The highest BCUT2D eigenvalue weighted by atomic mass is 19.1. The molecule has 1 saturated heterocycles. The molecule has 1 heterocycles. The third-order valence-corrected chi connectivity index (χ3v) is 4.84. The van der Waals surface area contributed by atoms with Crippen molar-refractivity contribution >= 4 is 11.9 Å². The lowest BCUT2D eigenvalue weighted by Gasteiger charge is -2.29. The highest BCUT2D eigenvalue weighted by Crippen LogP contribution is 2.27.